The van der Waals surface area contributed by atoms with Gasteiger partial charge in [-0.15, -0.1) is 0 Å². The van der Waals surface area contributed by atoms with Gasteiger partial charge in [0.2, 0.25) is 0 Å². The summed E-state index contributed by atoms with van der Waals surface area (Å²) in [6.45, 7) is 6.96. The number of amides is 1. The van der Waals surface area contributed by atoms with Crippen molar-refractivity contribution in [1.82, 2.24) is 14.7 Å². The number of nitrogens with two attached hydrogens (primary N) is 1. The predicted molar refractivity (Wildman–Crippen MR) is 87.3 cm³/mol. The number of hydrogen-bond acceptors (Lipinski definition) is 5. The van der Waals surface area contributed by atoms with Crippen LogP contribution in [0.25, 0.3) is 0 Å². The van der Waals surface area contributed by atoms with Gasteiger partial charge in [-0.05, 0) is 27.7 Å². The Morgan fingerprint density at radius 2 is 2.00 bits per heavy atom. The first kappa shape index (κ1) is 19.2. The highest BCUT2D eigenvalue weighted by Crippen LogP contribution is 2.29. The number of ether oxygens (including phenoxy) is 1. The SMILES string of the molecule is CC1CN(c2c(N)cnn2CC(F)(F)F)CCN1C(=O)OC(C)(C)C. The lowest BCUT2D eigenvalue weighted by Gasteiger charge is -2.41. The van der Waals surface area contributed by atoms with Crippen LogP contribution in [0.4, 0.5) is 29.5 Å². The highest BCUT2D eigenvalue weighted by molar-refractivity contribution is 5.70. The van der Waals surface area contributed by atoms with Crippen LogP contribution in [0.15, 0.2) is 6.20 Å². The number of rotatable bonds is 2. The average molecular weight is 363 g/mol. The third kappa shape index (κ3) is 4.93. The standard InChI is InChI=1S/C15H24F3N5O2/c1-10-8-21(5-6-22(10)13(24)25-14(2,3)4)12-11(19)7-20-23(12)9-15(16,17)18/h7,10H,5-6,8-9,19H2,1-4H3. The van der Waals surface area contributed by atoms with Gasteiger partial charge >= 0.3 is 12.3 Å². The number of halogens is 3. The summed E-state index contributed by atoms with van der Waals surface area (Å²) in [4.78, 5) is 15.5. The Labute approximate surface area is 144 Å². The Balaban J connectivity index is 2.11. The molecule has 1 amide bonds. The third-order valence-electron chi connectivity index (χ3n) is 3.72. The van der Waals surface area contributed by atoms with Crippen LogP contribution in [0, 0.1) is 0 Å². The number of piperazine rings is 1. The van der Waals surface area contributed by atoms with Gasteiger partial charge < -0.3 is 20.3 Å². The predicted octanol–water partition coefficient (Wildman–Crippen LogP) is 2.47. The maximum atomic E-state index is 12.7. The van der Waals surface area contributed by atoms with Crippen LogP contribution in [0.3, 0.4) is 0 Å². The van der Waals surface area contributed by atoms with E-state index < -0.39 is 24.4 Å². The van der Waals surface area contributed by atoms with E-state index in [1.807, 2.05) is 6.92 Å². The maximum absolute atomic E-state index is 12.7. The van der Waals surface area contributed by atoms with E-state index in [0.717, 1.165) is 4.68 Å². The fourth-order valence-electron chi connectivity index (χ4n) is 2.77. The van der Waals surface area contributed by atoms with Gasteiger partial charge in [0, 0.05) is 25.7 Å². The van der Waals surface area contributed by atoms with Gasteiger partial charge in [-0.1, -0.05) is 0 Å². The normalized spacial score (nSPS) is 19.2. The summed E-state index contributed by atoms with van der Waals surface area (Å²) >= 11 is 0. The van der Waals surface area contributed by atoms with Gasteiger partial charge in [-0.2, -0.15) is 18.3 Å². The van der Waals surface area contributed by atoms with Gasteiger partial charge in [0.15, 0.2) is 5.82 Å². The van der Waals surface area contributed by atoms with Crippen molar-refractivity contribution in [2.45, 2.75) is 52.1 Å². The Morgan fingerprint density at radius 1 is 1.36 bits per heavy atom. The fourth-order valence-corrected chi connectivity index (χ4v) is 2.77. The maximum Gasteiger partial charge on any atom is 0.410 e. The lowest BCUT2D eigenvalue weighted by molar-refractivity contribution is -0.142. The molecule has 142 valence electrons. The van der Waals surface area contributed by atoms with Crippen molar-refractivity contribution in [3.05, 3.63) is 6.20 Å². The first-order chi connectivity index (χ1) is 11.4. The van der Waals surface area contributed by atoms with Crippen LogP contribution in [0.1, 0.15) is 27.7 Å². The Hall–Kier alpha value is -2.13. The molecule has 1 saturated heterocycles. The molecule has 0 spiro atoms. The van der Waals surface area contributed by atoms with Crippen LogP contribution in [0.5, 0.6) is 0 Å². The van der Waals surface area contributed by atoms with E-state index in [2.05, 4.69) is 5.10 Å². The number of aromatic nitrogens is 2. The number of hydrogen-bond donors (Lipinski definition) is 1. The molecule has 1 aliphatic heterocycles. The van der Waals surface area contributed by atoms with E-state index >= 15 is 0 Å². The molecule has 1 unspecified atom stereocenters. The first-order valence-electron chi connectivity index (χ1n) is 8.00. The van der Waals surface area contributed by atoms with Crippen LogP contribution in [-0.4, -0.2) is 58.2 Å². The topological polar surface area (TPSA) is 76.6 Å². The molecule has 0 radical (unpaired) electrons. The molecule has 10 heteroatoms. The van der Waals surface area contributed by atoms with E-state index in [9.17, 15) is 18.0 Å². The number of alkyl halides is 3. The van der Waals surface area contributed by atoms with Gasteiger partial charge in [-0.25, -0.2) is 9.48 Å². The van der Waals surface area contributed by atoms with Crippen LogP contribution >= 0.6 is 0 Å². The molecule has 1 fully saturated rings. The minimum Gasteiger partial charge on any atom is -0.444 e. The molecule has 2 heterocycles. The monoisotopic (exact) mass is 363 g/mol. The second-order valence-corrected chi connectivity index (χ2v) is 7.17. The van der Waals surface area contributed by atoms with E-state index in [4.69, 9.17) is 10.5 Å². The smallest absolute Gasteiger partial charge is 0.410 e. The Morgan fingerprint density at radius 3 is 2.52 bits per heavy atom. The first-order valence-corrected chi connectivity index (χ1v) is 8.00. The summed E-state index contributed by atoms with van der Waals surface area (Å²) in [5.41, 5.74) is 5.39. The lowest BCUT2D eigenvalue weighted by atomic mass is 10.2. The van der Waals surface area contributed by atoms with Gasteiger partial charge in [0.05, 0.1) is 11.9 Å². The van der Waals surface area contributed by atoms with Gasteiger partial charge in [0.1, 0.15) is 12.1 Å². The molecule has 2 rings (SSSR count). The van der Waals surface area contributed by atoms with E-state index in [0.29, 0.717) is 19.6 Å². The molecule has 0 saturated carbocycles. The van der Waals surface area contributed by atoms with Gasteiger partial charge in [-0.3, -0.25) is 0 Å². The fraction of sp³-hybridized carbons (Fsp3) is 0.733. The van der Waals surface area contributed by atoms with Crippen LogP contribution < -0.4 is 10.6 Å². The largest absolute Gasteiger partial charge is 0.444 e. The number of nitrogen functional groups attached to an aromatic ring is 1. The summed E-state index contributed by atoms with van der Waals surface area (Å²) in [5, 5.41) is 3.73. The lowest BCUT2D eigenvalue weighted by Crippen LogP contribution is -2.55. The Bertz CT molecular complexity index is 624. The summed E-state index contributed by atoms with van der Waals surface area (Å²) in [6.07, 6.45) is -3.61. The second kappa shape index (κ2) is 6.64. The summed E-state index contributed by atoms with van der Waals surface area (Å²) in [7, 11) is 0. The van der Waals surface area contributed by atoms with Crippen molar-refractivity contribution in [3.63, 3.8) is 0 Å². The van der Waals surface area contributed by atoms with Gasteiger partial charge in [0.25, 0.3) is 0 Å². The van der Waals surface area contributed by atoms with Crippen LogP contribution in [-0.2, 0) is 11.3 Å². The van der Waals surface area contributed by atoms with E-state index in [1.54, 1.807) is 30.6 Å². The van der Waals surface area contributed by atoms with E-state index in [-0.39, 0.29) is 17.5 Å². The van der Waals surface area contributed by atoms with Crippen molar-refractivity contribution >= 4 is 17.6 Å². The molecule has 2 N–H and O–H groups in total. The van der Waals surface area contributed by atoms with Crippen LogP contribution in [0.2, 0.25) is 0 Å². The van der Waals surface area contributed by atoms with Crippen molar-refractivity contribution in [2.75, 3.05) is 30.3 Å². The molecule has 0 aromatic carbocycles. The average Bonchev–Trinajstić information content (AvgIpc) is 2.75. The minimum atomic E-state index is -4.39. The zero-order chi connectivity index (χ0) is 19.0. The third-order valence-corrected chi connectivity index (χ3v) is 3.72. The molecule has 0 bridgehead atoms. The number of nitrogens with zero attached hydrogens (tertiary/aromatic N) is 4. The van der Waals surface area contributed by atoms with Crippen molar-refractivity contribution in [3.8, 4) is 0 Å². The quantitative estimate of drug-likeness (QED) is 0.874. The molecule has 25 heavy (non-hydrogen) atoms. The molecular formula is C15H24F3N5O2. The molecule has 0 aliphatic carbocycles. The second-order valence-electron chi connectivity index (χ2n) is 7.17. The van der Waals surface area contributed by atoms with Crippen molar-refractivity contribution < 1.29 is 22.7 Å². The van der Waals surface area contributed by atoms with E-state index in [1.165, 1.54) is 6.20 Å². The van der Waals surface area contributed by atoms with Crippen molar-refractivity contribution in [2.24, 2.45) is 0 Å². The molecule has 7 nitrogen and oxygen atoms in total. The molecule has 1 aromatic rings. The highest BCUT2D eigenvalue weighted by atomic mass is 19.4. The highest BCUT2D eigenvalue weighted by Gasteiger charge is 2.35. The number of carbonyl (C=O) groups excluding carboxylic acids is 1. The summed E-state index contributed by atoms with van der Waals surface area (Å²) < 4.78 is 44.3. The zero-order valence-electron chi connectivity index (χ0n) is 14.8. The molecular weight excluding hydrogens is 339 g/mol. The molecule has 1 aromatic heterocycles. The zero-order valence-corrected chi connectivity index (χ0v) is 14.8. The minimum absolute atomic E-state index is 0.183. The summed E-state index contributed by atoms with van der Waals surface area (Å²) in [5.74, 6) is 0.230. The van der Waals surface area contributed by atoms with Crippen molar-refractivity contribution in [1.29, 1.82) is 0 Å². The molecule has 1 atom stereocenters. The number of anilines is 2. The Kier molecular flexibility index (Phi) is 5.10. The molecule has 1 aliphatic rings. The number of carbonyl (C=O) groups is 1. The summed E-state index contributed by atoms with van der Waals surface area (Å²) in [6, 6.07) is -0.239.